The highest BCUT2D eigenvalue weighted by molar-refractivity contribution is 5.97. The van der Waals surface area contributed by atoms with Crippen LogP contribution < -0.4 is 0 Å². The van der Waals surface area contributed by atoms with Gasteiger partial charge in [0.2, 0.25) is 0 Å². The van der Waals surface area contributed by atoms with Crippen LogP contribution in [-0.4, -0.2) is 53.2 Å². The Balaban J connectivity index is 0.00000182. The van der Waals surface area contributed by atoms with Gasteiger partial charge in [-0.15, -0.1) is 24.8 Å². The molecule has 1 aliphatic heterocycles. The van der Waals surface area contributed by atoms with E-state index in [1.165, 1.54) is 29.8 Å². The number of nitro benzene ring substituents is 1. The second-order valence-electron chi connectivity index (χ2n) is 6.27. The Morgan fingerprint density at radius 3 is 2.00 bits per heavy atom. The van der Waals surface area contributed by atoms with Gasteiger partial charge in [-0.1, -0.05) is 30.3 Å². The first-order valence-electron chi connectivity index (χ1n) is 8.38. The normalized spacial score (nSPS) is 14.7. The Morgan fingerprint density at radius 1 is 0.889 bits per heavy atom. The van der Waals surface area contributed by atoms with Gasteiger partial charge in [-0.3, -0.25) is 24.7 Å². The van der Waals surface area contributed by atoms with Gasteiger partial charge >= 0.3 is 0 Å². The van der Waals surface area contributed by atoms with E-state index in [1.807, 2.05) is 6.07 Å². The zero-order valence-electron chi connectivity index (χ0n) is 14.8. The molecule has 0 bridgehead atoms. The number of non-ortho nitro benzene ring substituents is 1. The summed E-state index contributed by atoms with van der Waals surface area (Å²) in [6, 6.07) is 16.2. The van der Waals surface area contributed by atoms with Crippen LogP contribution in [0.2, 0.25) is 0 Å². The average Bonchev–Trinajstić information content (AvgIpc) is 2.64. The highest BCUT2D eigenvalue weighted by Gasteiger charge is 2.20. The van der Waals surface area contributed by atoms with Crippen molar-refractivity contribution in [3.05, 3.63) is 75.8 Å². The third-order valence-electron chi connectivity index (χ3n) is 4.48. The van der Waals surface area contributed by atoms with Crippen LogP contribution in [0.5, 0.6) is 0 Å². The van der Waals surface area contributed by atoms with E-state index in [2.05, 4.69) is 34.1 Å². The summed E-state index contributed by atoms with van der Waals surface area (Å²) in [6.45, 7) is 4.87. The average molecular weight is 412 g/mol. The number of benzene rings is 2. The SMILES string of the molecule is Cl.Cl.O=C(CN1CCN(Cc2ccccc2)CC1)c1ccc([N+](=O)[O-])cc1. The molecule has 0 spiro atoms. The monoisotopic (exact) mass is 411 g/mol. The molecule has 0 N–H and O–H groups in total. The Morgan fingerprint density at radius 2 is 1.44 bits per heavy atom. The number of carbonyl (C=O) groups excluding carboxylic acids is 1. The molecule has 0 unspecified atom stereocenters. The van der Waals surface area contributed by atoms with E-state index in [4.69, 9.17) is 0 Å². The van der Waals surface area contributed by atoms with Crippen LogP contribution in [0.15, 0.2) is 54.6 Å². The van der Waals surface area contributed by atoms with Crippen molar-refractivity contribution in [2.45, 2.75) is 6.54 Å². The Labute approximate surface area is 171 Å². The van der Waals surface area contributed by atoms with Crippen molar-refractivity contribution >= 4 is 36.3 Å². The number of carbonyl (C=O) groups is 1. The molecule has 0 saturated carbocycles. The summed E-state index contributed by atoms with van der Waals surface area (Å²) in [5.74, 6) is 0.00593. The quantitative estimate of drug-likeness (QED) is 0.413. The molecule has 1 saturated heterocycles. The summed E-state index contributed by atoms with van der Waals surface area (Å²) in [5, 5.41) is 10.7. The molecule has 2 aromatic carbocycles. The Kier molecular flexibility index (Phi) is 9.38. The fraction of sp³-hybridized carbons (Fsp3) is 0.316. The first kappa shape index (κ1) is 23.0. The van der Waals surface area contributed by atoms with E-state index < -0.39 is 4.92 Å². The van der Waals surface area contributed by atoms with Gasteiger partial charge in [0.25, 0.3) is 5.69 Å². The molecule has 8 heteroatoms. The maximum absolute atomic E-state index is 12.3. The molecular weight excluding hydrogens is 389 g/mol. The number of hydrogen-bond acceptors (Lipinski definition) is 5. The number of ketones is 1. The molecule has 0 aliphatic carbocycles. The number of rotatable bonds is 6. The lowest BCUT2D eigenvalue weighted by Gasteiger charge is -2.34. The van der Waals surface area contributed by atoms with Crippen molar-refractivity contribution in [1.82, 2.24) is 9.80 Å². The highest BCUT2D eigenvalue weighted by Crippen LogP contribution is 2.14. The number of Topliss-reactive ketones (excluding diaryl/α,β-unsaturated/α-hetero) is 1. The van der Waals surface area contributed by atoms with Crippen LogP contribution in [0.4, 0.5) is 5.69 Å². The molecule has 146 valence electrons. The number of halogens is 2. The van der Waals surface area contributed by atoms with E-state index in [1.54, 1.807) is 0 Å². The summed E-state index contributed by atoms with van der Waals surface area (Å²) in [5.41, 5.74) is 1.83. The minimum absolute atomic E-state index is 0. The fourth-order valence-corrected chi connectivity index (χ4v) is 3.01. The van der Waals surface area contributed by atoms with Gasteiger partial charge in [0.1, 0.15) is 0 Å². The van der Waals surface area contributed by atoms with Crippen molar-refractivity contribution in [3.63, 3.8) is 0 Å². The molecule has 27 heavy (non-hydrogen) atoms. The van der Waals surface area contributed by atoms with Crippen LogP contribution in [0, 0.1) is 10.1 Å². The molecular formula is C19H23Cl2N3O3. The highest BCUT2D eigenvalue weighted by atomic mass is 35.5. The molecule has 0 atom stereocenters. The second-order valence-corrected chi connectivity index (χ2v) is 6.27. The Hall–Kier alpha value is -1.99. The van der Waals surface area contributed by atoms with Crippen LogP contribution in [0.3, 0.4) is 0 Å². The van der Waals surface area contributed by atoms with Gasteiger partial charge in [0.15, 0.2) is 5.78 Å². The predicted octanol–water partition coefficient (Wildman–Crippen LogP) is 3.44. The molecule has 6 nitrogen and oxygen atoms in total. The minimum atomic E-state index is -0.458. The van der Waals surface area contributed by atoms with Crippen LogP contribution in [-0.2, 0) is 6.54 Å². The van der Waals surface area contributed by atoms with Crippen molar-refractivity contribution in [1.29, 1.82) is 0 Å². The van der Waals surface area contributed by atoms with Gasteiger partial charge in [-0.05, 0) is 17.7 Å². The first-order chi connectivity index (χ1) is 12.1. The number of nitro groups is 1. The summed E-state index contributed by atoms with van der Waals surface area (Å²) in [7, 11) is 0. The maximum atomic E-state index is 12.3. The molecule has 1 aliphatic rings. The van der Waals surface area contributed by atoms with Crippen molar-refractivity contribution < 1.29 is 9.72 Å². The molecule has 0 radical (unpaired) electrons. The van der Waals surface area contributed by atoms with Gasteiger partial charge in [-0.25, -0.2) is 0 Å². The molecule has 3 rings (SSSR count). The minimum Gasteiger partial charge on any atom is -0.297 e. The van der Waals surface area contributed by atoms with E-state index in [9.17, 15) is 14.9 Å². The van der Waals surface area contributed by atoms with Crippen molar-refractivity contribution in [3.8, 4) is 0 Å². The third kappa shape index (κ3) is 6.59. The molecule has 0 aromatic heterocycles. The number of piperazine rings is 1. The summed E-state index contributed by atoms with van der Waals surface area (Å²) in [4.78, 5) is 27.1. The summed E-state index contributed by atoms with van der Waals surface area (Å²) < 4.78 is 0. The summed E-state index contributed by atoms with van der Waals surface area (Å²) >= 11 is 0. The van der Waals surface area contributed by atoms with E-state index in [0.29, 0.717) is 12.1 Å². The lowest BCUT2D eigenvalue weighted by atomic mass is 10.1. The van der Waals surface area contributed by atoms with E-state index >= 15 is 0 Å². The van der Waals surface area contributed by atoms with Crippen molar-refractivity contribution in [2.24, 2.45) is 0 Å². The molecule has 1 heterocycles. The topological polar surface area (TPSA) is 66.7 Å². The van der Waals surface area contributed by atoms with Gasteiger partial charge < -0.3 is 0 Å². The summed E-state index contributed by atoms with van der Waals surface area (Å²) in [6.07, 6.45) is 0. The first-order valence-corrected chi connectivity index (χ1v) is 8.38. The number of nitrogens with zero attached hydrogens (tertiary/aromatic N) is 3. The maximum Gasteiger partial charge on any atom is 0.269 e. The largest absolute Gasteiger partial charge is 0.297 e. The van der Waals surface area contributed by atoms with Crippen LogP contribution in [0.1, 0.15) is 15.9 Å². The zero-order chi connectivity index (χ0) is 17.6. The van der Waals surface area contributed by atoms with E-state index in [0.717, 1.165) is 32.7 Å². The lowest BCUT2D eigenvalue weighted by molar-refractivity contribution is -0.384. The fourth-order valence-electron chi connectivity index (χ4n) is 3.01. The van der Waals surface area contributed by atoms with Gasteiger partial charge in [-0.2, -0.15) is 0 Å². The smallest absolute Gasteiger partial charge is 0.269 e. The predicted molar refractivity (Wildman–Crippen MR) is 110 cm³/mol. The van der Waals surface area contributed by atoms with Crippen molar-refractivity contribution in [2.75, 3.05) is 32.7 Å². The van der Waals surface area contributed by atoms with Gasteiger partial charge in [0.05, 0.1) is 11.5 Å². The number of hydrogen-bond donors (Lipinski definition) is 0. The van der Waals surface area contributed by atoms with Crippen LogP contribution >= 0.6 is 24.8 Å². The lowest BCUT2D eigenvalue weighted by Crippen LogP contribution is -2.47. The molecule has 2 aromatic rings. The molecule has 1 fully saturated rings. The molecule has 0 amide bonds. The zero-order valence-corrected chi connectivity index (χ0v) is 16.5. The third-order valence-corrected chi connectivity index (χ3v) is 4.48. The standard InChI is InChI=1S/C19H21N3O3.2ClH/c23-19(17-6-8-18(9-7-17)22(24)25)15-21-12-10-20(11-13-21)14-16-4-2-1-3-5-16;;/h1-9H,10-15H2;2*1H. The van der Waals surface area contributed by atoms with E-state index in [-0.39, 0.29) is 36.3 Å². The van der Waals surface area contributed by atoms with Gasteiger partial charge in [0, 0.05) is 50.4 Å². The second kappa shape index (κ2) is 11.0. The Bertz CT molecular complexity index is 734. The van der Waals surface area contributed by atoms with Crippen LogP contribution in [0.25, 0.3) is 0 Å².